The van der Waals surface area contributed by atoms with Crippen molar-refractivity contribution >= 4 is 33.4 Å². The predicted octanol–water partition coefficient (Wildman–Crippen LogP) is 3.75. The van der Waals surface area contributed by atoms with E-state index < -0.39 is 0 Å². The molecule has 0 aliphatic rings. The van der Waals surface area contributed by atoms with Gasteiger partial charge in [0, 0.05) is 25.5 Å². The van der Waals surface area contributed by atoms with Gasteiger partial charge in [-0.3, -0.25) is 0 Å². The molecule has 0 aliphatic carbocycles. The smallest absolute Gasteiger partial charge is 0.224 e. The molecule has 2 aromatic rings. The second-order valence-electron chi connectivity index (χ2n) is 4.19. The van der Waals surface area contributed by atoms with Gasteiger partial charge in [-0.15, -0.1) is 0 Å². The molecule has 4 nitrogen and oxygen atoms in total. The van der Waals surface area contributed by atoms with Crippen molar-refractivity contribution in [2.45, 2.75) is 13.8 Å². The monoisotopic (exact) mass is 320 g/mol. The Hall–Kier alpha value is -1.62. The van der Waals surface area contributed by atoms with Crippen LogP contribution >= 0.6 is 15.9 Å². The van der Waals surface area contributed by atoms with Crippen LogP contribution in [0.1, 0.15) is 12.5 Å². The van der Waals surface area contributed by atoms with Gasteiger partial charge >= 0.3 is 0 Å². The number of aryl methyl sites for hydroxylation is 1. The third-order valence-corrected chi connectivity index (χ3v) is 3.43. The molecule has 1 N–H and O–H groups in total. The van der Waals surface area contributed by atoms with Crippen molar-refractivity contribution < 1.29 is 0 Å². The fourth-order valence-corrected chi connectivity index (χ4v) is 2.25. The van der Waals surface area contributed by atoms with Gasteiger partial charge < -0.3 is 10.2 Å². The van der Waals surface area contributed by atoms with E-state index in [1.54, 1.807) is 6.20 Å². The number of aromatic nitrogens is 2. The second-order valence-corrected chi connectivity index (χ2v) is 5.05. The maximum atomic E-state index is 4.52. The number of halogens is 1. The first kappa shape index (κ1) is 13.8. The van der Waals surface area contributed by atoms with Crippen LogP contribution in [0.3, 0.4) is 0 Å². The molecule has 0 bridgehead atoms. The number of nitrogens with zero attached hydrogens (tertiary/aromatic N) is 3. The molecule has 0 saturated carbocycles. The zero-order valence-electron chi connectivity index (χ0n) is 11.3. The zero-order valence-corrected chi connectivity index (χ0v) is 12.9. The van der Waals surface area contributed by atoms with Gasteiger partial charge in [0.2, 0.25) is 5.95 Å². The molecule has 0 spiro atoms. The molecule has 0 atom stereocenters. The molecule has 0 amide bonds. The van der Waals surface area contributed by atoms with E-state index in [9.17, 15) is 0 Å². The number of rotatable bonds is 4. The molecule has 19 heavy (non-hydrogen) atoms. The number of benzene rings is 1. The maximum absolute atomic E-state index is 4.52. The van der Waals surface area contributed by atoms with E-state index in [1.165, 1.54) is 5.56 Å². The minimum atomic E-state index is 0.615. The Bertz CT molecular complexity index is 554. The summed E-state index contributed by atoms with van der Waals surface area (Å²) in [5.74, 6) is 1.48. The normalized spacial score (nSPS) is 10.3. The van der Waals surface area contributed by atoms with Crippen LogP contribution in [-0.2, 0) is 0 Å². The summed E-state index contributed by atoms with van der Waals surface area (Å²) in [6.45, 7) is 5.02. The number of anilines is 3. The Morgan fingerprint density at radius 1 is 1.26 bits per heavy atom. The maximum Gasteiger partial charge on any atom is 0.224 e. The quantitative estimate of drug-likeness (QED) is 0.931. The van der Waals surface area contributed by atoms with Crippen LogP contribution in [0.4, 0.5) is 17.5 Å². The highest BCUT2D eigenvalue weighted by Crippen LogP contribution is 2.30. The van der Waals surface area contributed by atoms with Gasteiger partial charge in [0.15, 0.2) is 5.82 Å². The first-order valence-corrected chi connectivity index (χ1v) is 6.99. The molecular weight excluding hydrogens is 304 g/mol. The van der Waals surface area contributed by atoms with E-state index in [-0.39, 0.29) is 0 Å². The molecule has 1 heterocycles. The Kier molecular flexibility index (Phi) is 4.37. The molecule has 100 valence electrons. The predicted molar refractivity (Wildman–Crippen MR) is 83.1 cm³/mol. The fraction of sp³-hybridized carbons (Fsp3) is 0.286. The molecule has 0 unspecified atom stereocenters. The summed E-state index contributed by atoms with van der Waals surface area (Å²) in [7, 11) is 1.81. The molecule has 1 aromatic carbocycles. The van der Waals surface area contributed by atoms with Gasteiger partial charge in [0.05, 0.1) is 4.47 Å². The highest BCUT2D eigenvalue weighted by atomic mass is 79.9. The van der Waals surface area contributed by atoms with Crippen molar-refractivity contribution in [1.82, 2.24) is 9.97 Å². The molecule has 0 aliphatic heterocycles. The average Bonchev–Trinajstić information content (AvgIpc) is 2.43. The summed E-state index contributed by atoms with van der Waals surface area (Å²) in [6.07, 6.45) is 1.77. The standard InChI is InChI=1S/C14H17BrN4/c1-4-19(11-7-5-10(2)6-8-11)13-12(15)9-17-14(16-3)18-13/h5-9H,4H2,1-3H3,(H,16,17,18). The zero-order chi connectivity index (χ0) is 13.8. The molecule has 0 radical (unpaired) electrons. The Balaban J connectivity index is 2.44. The Morgan fingerprint density at radius 2 is 1.95 bits per heavy atom. The fourth-order valence-electron chi connectivity index (χ4n) is 1.85. The lowest BCUT2D eigenvalue weighted by molar-refractivity contribution is 0.970. The molecule has 0 fully saturated rings. The van der Waals surface area contributed by atoms with Crippen LogP contribution in [0.25, 0.3) is 0 Å². The highest BCUT2D eigenvalue weighted by Gasteiger charge is 2.13. The van der Waals surface area contributed by atoms with Gasteiger partial charge in [0.25, 0.3) is 0 Å². The van der Waals surface area contributed by atoms with Crippen LogP contribution in [-0.4, -0.2) is 23.6 Å². The van der Waals surface area contributed by atoms with Gasteiger partial charge in [-0.1, -0.05) is 17.7 Å². The summed E-state index contributed by atoms with van der Waals surface area (Å²) in [4.78, 5) is 10.8. The minimum Gasteiger partial charge on any atom is -0.357 e. The van der Waals surface area contributed by atoms with Crippen LogP contribution in [0, 0.1) is 6.92 Å². The molecule has 5 heteroatoms. The van der Waals surface area contributed by atoms with Crippen molar-refractivity contribution in [3.05, 3.63) is 40.5 Å². The topological polar surface area (TPSA) is 41.1 Å². The summed E-state index contributed by atoms with van der Waals surface area (Å²) in [5, 5.41) is 2.96. The third-order valence-electron chi connectivity index (χ3n) is 2.87. The van der Waals surface area contributed by atoms with Crippen molar-refractivity contribution in [2.24, 2.45) is 0 Å². The largest absolute Gasteiger partial charge is 0.357 e. The van der Waals surface area contributed by atoms with E-state index in [1.807, 2.05) is 7.05 Å². The van der Waals surface area contributed by atoms with E-state index in [4.69, 9.17) is 0 Å². The molecule has 1 aromatic heterocycles. The SMILES string of the molecule is CCN(c1ccc(C)cc1)c1nc(NC)ncc1Br. The van der Waals surface area contributed by atoms with Gasteiger partial charge in [-0.25, -0.2) is 4.98 Å². The number of nitrogens with one attached hydrogen (secondary N) is 1. The minimum absolute atomic E-state index is 0.615. The van der Waals surface area contributed by atoms with Gasteiger partial charge in [-0.2, -0.15) is 4.98 Å². The summed E-state index contributed by atoms with van der Waals surface area (Å²) in [6, 6.07) is 8.41. The molecular formula is C14H17BrN4. The van der Waals surface area contributed by atoms with Gasteiger partial charge in [-0.05, 0) is 41.9 Å². The lowest BCUT2D eigenvalue weighted by Gasteiger charge is -2.23. The first-order chi connectivity index (χ1) is 9.15. The highest BCUT2D eigenvalue weighted by molar-refractivity contribution is 9.10. The third kappa shape index (κ3) is 3.04. The Labute approximate surface area is 122 Å². The molecule has 2 rings (SSSR count). The van der Waals surface area contributed by atoms with Crippen molar-refractivity contribution in [2.75, 3.05) is 23.8 Å². The van der Waals surface area contributed by atoms with Crippen molar-refractivity contribution in [3.63, 3.8) is 0 Å². The van der Waals surface area contributed by atoms with Crippen LogP contribution in [0.15, 0.2) is 34.9 Å². The number of hydrogen-bond donors (Lipinski definition) is 1. The van der Waals surface area contributed by atoms with Gasteiger partial charge in [0.1, 0.15) is 0 Å². The van der Waals surface area contributed by atoms with E-state index in [0.29, 0.717) is 5.95 Å². The lowest BCUT2D eigenvalue weighted by Crippen LogP contribution is -2.18. The summed E-state index contributed by atoms with van der Waals surface area (Å²) in [5.41, 5.74) is 2.37. The van der Waals surface area contributed by atoms with E-state index in [2.05, 4.69) is 74.2 Å². The van der Waals surface area contributed by atoms with Crippen molar-refractivity contribution in [1.29, 1.82) is 0 Å². The molecule has 0 saturated heterocycles. The summed E-state index contributed by atoms with van der Waals surface area (Å²) < 4.78 is 0.883. The second kappa shape index (κ2) is 6.02. The van der Waals surface area contributed by atoms with E-state index >= 15 is 0 Å². The summed E-state index contributed by atoms with van der Waals surface area (Å²) >= 11 is 3.52. The van der Waals surface area contributed by atoms with Crippen LogP contribution in [0.5, 0.6) is 0 Å². The van der Waals surface area contributed by atoms with Crippen molar-refractivity contribution in [3.8, 4) is 0 Å². The Morgan fingerprint density at radius 3 is 2.53 bits per heavy atom. The van der Waals surface area contributed by atoms with E-state index in [0.717, 1.165) is 22.5 Å². The van der Waals surface area contributed by atoms with Crippen LogP contribution < -0.4 is 10.2 Å². The van der Waals surface area contributed by atoms with Crippen LogP contribution in [0.2, 0.25) is 0 Å². The average molecular weight is 321 g/mol. The first-order valence-electron chi connectivity index (χ1n) is 6.20. The lowest BCUT2D eigenvalue weighted by atomic mass is 10.2. The number of hydrogen-bond acceptors (Lipinski definition) is 4.